The van der Waals surface area contributed by atoms with Gasteiger partial charge in [0.1, 0.15) is 0 Å². The van der Waals surface area contributed by atoms with Gasteiger partial charge in [-0.25, -0.2) is 0 Å². The van der Waals surface area contributed by atoms with Gasteiger partial charge in [0.25, 0.3) is 0 Å². The standard InChI is InChI=1S/C10H21N3/c11-10-8-12-6-7-13(10)9-4-2-1-3-5-9/h9-10,12H,1-8,11H2. The molecule has 0 spiro atoms. The fraction of sp³-hybridized carbons (Fsp3) is 1.00. The summed E-state index contributed by atoms with van der Waals surface area (Å²) >= 11 is 0. The van der Waals surface area contributed by atoms with Gasteiger partial charge in [0, 0.05) is 25.7 Å². The molecule has 0 bridgehead atoms. The van der Waals surface area contributed by atoms with Crippen molar-refractivity contribution in [2.24, 2.45) is 5.73 Å². The second-order valence-corrected chi connectivity index (χ2v) is 4.30. The fourth-order valence-corrected chi connectivity index (χ4v) is 2.61. The lowest BCUT2D eigenvalue weighted by Gasteiger charge is -2.41. The van der Waals surface area contributed by atoms with Crippen LogP contribution in [0.5, 0.6) is 0 Å². The largest absolute Gasteiger partial charge is 0.315 e. The van der Waals surface area contributed by atoms with Crippen molar-refractivity contribution in [2.75, 3.05) is 19.6 Å². The molecule has 1 aliphatic heterocycles. The van der Waals surface area contributed by atoms with Gasteiger partial charge >= 0.3 is 0 Å². The Morgan fingerprint density at radius 2 is 1.92 bits per heavy atom. The van der Waals surface area contributed by atoms with Crippen LogP contribution in [0, 0.1) is 0 Å². The minimum absolute atomic E-state index is 0.261. The molecule has 2 rings (SSSR count). The summed E-state index contributed by atoms with van der Waals surface area (Å²) in [6.45, 7) is 3.23. The molecule has 1 aliphatic carbocycles. The highest BCUT2D eigenvalue weighted by atomic mass is 15.3. The van der Waals surface area contributed by atoms with Gasteiger partial charge in [-0.1, -0.05) is 19.3 Å². The Morgan fingerprint density at radius 1 is 1.15 bits per heavy atom. The second-order valence-electron chi connectivity index (χ2n) is 4.30. The number of nitrogens with one attached hydrogen (secondary N) is 1. The van der Waals surface area contributed by atoms with Crippen LogP contribution < -0.4 is 11.1 Å². The van der Waals surface area contributed by atoms with E-state index in [0.29, 0.717) is 0 Å². The summed E-state index contributed by atoms with van der Waals surface area (Å²) in [7, 11) is 0. The van der Waals surface area contributed by atoms with Gasteiger partial charge in [-0.15, -0.1) is 0 Å². The minimum atomic E-state index is 0.261. The van der Waals surface area contributed by atoms with Crippen molar-refractivity contribution in [2.45, 2.75) is 44.3 Å². The number of hydrogen-bond donors (Lipinski definition) is 2. The number of nitrogens with zero attached hydrogens (tertiary/aromatic N) is 1. The number of nitrogens with two attached hydrogens (primary N) is 1. The molecule has 3 nitrogen and oxygen atoms in total. The SMILES string of the molecule is NC1CNCCN1C1CCCCC1. The van der Waals surface area contributed by atoms with E-state index in [1.54, 1.807) is 0 Å². The number of hydrogen-bond acceptors (Lipinski definition) is 3. The van der Waals surface area contributed by atoms with Crippen molar-refractivity contribution in [1.29, 1.82) is 0 Å². The van der Waals surface area contributed by atoms with Crippen LogP contribution in [0.3, 0.4) is 0 Å². The summed E-state index contributed by atoms with van der Waals surface area (Å²) in [5, 5.41) is 3.34. The van der Waals surface area contributed by atoms with E-state index in [0.717, 1.165) is 25.7 Å². The van der Waals surface area contributed by atoms with Gasteiger partial charge in [0.05, 0.1) is 6.17 Å². The molecule has 0 aromatic heterocycles. The summed E-state index contributed by atoms with van der Waals surface area (Å²) in [5.74, 6) is 0. The van der Waals surface area contributed by atoms with Crippen LogP contribution >= 0.6 is 0 Å². The molecule has 2 fully saturated rings. The summed E-state index contributed by atoms with van der Waals surface area (Å²) in [5.41, 5.74) is 6.07. The fourth-order valence-electron chi connectivity index (χ4n) is 2.61. The Kier molecular flexibility index (Phi) is 3.19. The second kappa shape index (κ2) is 4.40. The molecule has 1 saturated carbocycles. The molecule has 1 saturated heterocycles. The van der Waals surface area contributed by atoms with Gasteiger partial charge in [-0.3, -0.25) is 4.90 Å². The normalized spacial score (nSPS) is 33.5. The predicted molar refractivity (Wildman–Crippen MR) is 54.4 cm³/mol. The monoisotopic (exact) mass is 183 g/mol. The Bertz CT molecular complexity index is 154. The molecule has 13 heavy (non-hydrogen) atoms. The highest BCUT2D eigenvalue weighted by Crippen LogP contribution is 2.23. The molecule has 0 aromatic rings. The van der Waals surface area contributed by atoms with Crippen LogP contribution in [0.4, 0.5) is 0 Å². The Morgan fingerprint density at radius 3 is 2.62 bits per heavy atom. The van der Waals surface area contributed by atoms with Gasteiger partial charge in [-0.2, -0.15) is 0 Å². The van der Waals surface area contributed by atoms with Gasteiger partial charge in [-0.05, 0) is 12.8 Å². The molecule has 1 unspecified atom stereocenters. The van der Waals surface area contributed by atoms with E-state index in [1.165, 1.54) is 32.1 Å². The number of piperazine rings is 1. The van der Waals surface area contributed by atoms with E-state index in [2.05, 4.69) is 10.2 Å². The van der Waals surface area contributed by atoms with Crippen LogP contribution in [0.1, 0.15) is 32.1 Å². The van der Waals surface area contributed by atoms with Crippen molar-refractivity contribution in [3.63, 3.8) is 0 Å². The van der Waals surface area contributed by atoms with Crippen molar-refractivity contribution in [3.05, 3.63) is 0 Å². The molecule has 0 radical (unpaired) electrons. The van der Waals surface area contributed by atoms with Crippen LogP contribution in [-0.4, -0.2) is 36.7 Å². The predicted octanol–water partition coefficient (Wildman–Crippen LogP) is 0.509. The lowest BCUT2D eigenvalue weighted by Crippen LogP contribution is -2.59. The first-order chi connectivity index (χ1) is 6.38. The third kappa shape index (κ3) is 2.22. The van der Waals surface area contributed by atoms with E-state index >= 15 is 0 Å². The molecular formula is C10H21N3. The molecule has 1 heterocycles. The maximum absolute atomic E-state index is 6.07. The van der Waals surface area contributed by atoms with E-state index in [9.17, 15) is 0 Å². The van der Waals surface area contributed by atoms with E-state index in [-0.39, 0.29) is 6.17 Å². The molecule has 2 aliphatic rings. The van der Waals surface area contributed by atoms with Crippen LogP contribution in [0.25, 0.3) is 0 Å². The Balaban J connectivity index is 1.88. The van der Waals surface area contributed by atoms with Crippen molar-refractivity contribution < 1.29 is 0 Å². The topological polar surface area (TPSA) is 41.3 Å². The minimum Gasteiger partial charge on any atom is -0.315 e. The molecule has 1 atom stereocenters. The van der Waals surface area contributed by atoms with Crippen molar-refractivity contribution >= 4 is 0 Å². The smallest absolute Gasteiger partial charge is 0.0703 e. The van der Waals surface area contributed by atoms with E-state index in [4.69, 9.17) is 5.73 Å². The summed E-state index contributed by atoms with van der Waals surface area (Å²) in [6.07, 6.45) is 7.24. The first-order valence-corrected chi connectivity index (χ1v) is 5.60. The van der Waals surface area contributed by atoms with Crippen LogP contribution in [0.2, 0.25) is 0 Å². The maximum atomic E-state index is 6.07. The van der Waals surface area contributed by atoms with E-state index in [1.807, 2.05) is 0 Å². The summed E-state index contributed by atoms with van der Waals surface area (Å²) in [6, 6.07) is 0.783. The van der Waals surface area contributed by atoms with Crippen LogP contribution in [-0.2, 0) is 0 Å². The third-order valence-electron chi connectivity index (χ3n) is 3.37. The zero-order valence-electron chi connectivity index (χ0n) is 8.34. The molecule has 76 valence electrons. The first-order valence-electron chi connectivity index (χ1n) is 5.60. The molecule has 0 amide bonds. The van der Waals surface area contributed by atoms with Crippen molar-refractivity contribution in [1.82, 2.24) is 10.2 Å². The lowest BCUT2D eigenvalue weighted by molar-refractivity contribution is 0.0854. The van der Waals surface area contributed by atoms with Crippen molar-refractivity contribution in [3.8, 4) is 0 Å². The molecule has 3 heteroatoms. The molecule has 0 aromatic carbocycles. The van der Waals surface area contributed by atoms with Gasteiger partial charge in [0.2, 0.25) is 0 Å². The Hall–Kier alpha value is -0.120. The number of rotatable bonds is 1. The first kappa shape index (κ1) is 9.44. The van der Waals surface area contributed by atoms with Gasteiger partial charge in [0.15, 0.2) is 0 Å². The average molecular weight is 183 g/mol. The third-order valence-corrected chi connectivity index (χ3v) is 3.37. The van der Waals surface area contributed by atoms with E-state index < -0.39 is 0 Å². The summed E-state index contributed by atoms with van der Waals surface area (Å²) < 4.78 is 0. The molecular weight excluding hydrogens is 162 g/mol. The molecule has 3 N–H and O–H groups in total. The highest BCUT2D eigenvalue weighted by molar-refractivity contribution is 4.83. The zero-order chi connectivity index (χ0) is 9.10. The summed E-state index contributed by atoms with van der Waals surface area (Å²) in [4.78, 5) is 2.51. The van der Waals surface area contributed by atoms with Gasteiger partial charge < -0.3 is 11.1 Å². The maximum Gasteiger partial charge on any atom is 0.0703 e. The lowest BCUT2D eigenvalue weighted by atomic mass is 9.93. The average Bonchev–Trinajstić information content (AvgIpc) is 2.20. The quantitative estimate of drug-likeness (QED) is 0.622. The Labute approximate surface area is 80.7 Å². The zero-order valence-corrected chi connectivity index (χ0v) is 8.34. The van der Waals surface area contributed by atoms with Crippen LogP contribution in [0.15, 0.2) is 0 Å². The highest BCUT2D eigenvalue weighted by Gasteiger charge is 2.26.